The molecule has 66 heavy (non-hydrogen) atoms. The summed E-state index contributed by atoms with van der Waals surface area (Å²) in [6.45, 7) is 16.0. The van der Waals surface area contributed by atoms with Gasteiger partial charge < -0.3 is 79.5 Å². The summed E-state index contributed by atoms with van der Waals surface area (Å²) in [5, 5.41) is 108. The maximum Gasteiger partial charge on any atom is 0.335 e. The first-order valence-electron chi connectivity index (χ1n) is 24.1. The molecule has 0 aromatic rings. The fourth-order valence-electron chi connectivity index (χ4n) is 14.9. The standard InChI is InChI=1S/C48H76O18/c1-21-29(52)31(54)35(58)40(61-21)65-37-32(55)30(53)24(19-49)62-41(37)66-38-34(57)33(56)36(39(59)60)64-42(38)63-28-12-13-45(5)25(46(28,6)20-50)11-14-48(8)26(45)10-9-22-23-17-43(2,3)18-27(51)44(23,4)15-16-47(22,48)7/h9,21,23-26,28-38,40-42,49-50,52-58H,10-20H2,1-8H3,(H,59,60)/t21-,23-,24+,25+,26+,28-,29-,30-,31+,32-,33-,34-,35+,36-,37+,38+,40-,41-,42?,44+,45-,46+,47+,48+/m0/s1. The molecule has 3 aliphatic heterocycles. The van der Waals surface area contributed by atoms with Crippen molar-refractivity contribution in [2.24, 2.45) is 50.2 Å². The van der Waals surface area contributed by atoms with Gasteiger partial charge in [-0.05, 0) is 97.7 Å². The Morgan fingerprint density at radius 1 is 0.712 bits per heavy atom. The summed E-state index contributed by atoms with van der Waals surface area (Å²) in [5.41, 5.74) is -0.509. The zero-order valence-corrected chi connectivity index (χ0v) is 39.6. The highest BCUT2D eigenvalue weighted by Crippen LogP contribution is 2.75. The van der Waals surface area contributed by atoms with E-state index < -0.39 is 116 Å². The van der Waals surface area contributed by atoms with Crippen LogP contribution in [0.2, 0.25) is 0 Å². The first kappa shape index (κ1) is 50.7. The Kier molecular flexibility index (Phi) is 13.5. The average molecular weight is 941 g/mol. The normalized spacial score (nSPS) is 54.8. The van der Waals surface area contributed by atoms with Gasteiger partial charge in [-0.2, -0.15) is 0 Å². The number of carboxylic acid groups (broad SMARTS) is 1. The lowest BCUT2D eigenvalue weighted by atomic mass is 9.33. The second kappa shape index (κ2) is 17.5. The smallest absolute Gasteiger partial charge is 0.335 e. The van der Waals surface area contributed by atoms with Crippen LogP contribution in [0.15, 0.2) is 11.6 Å². The summed E-state index contributed by atoms with van der Waals surface area (Å²) in [5.74, 6) is -0.928. The first-order chi connectivity index (χ1) is 30.7. The van der Waals surface area contributed by atoms with Crippen molar-refractivity contribution in [1.29, 1.82) is 0 Å². The van der Waals surface area contributed by atoms with Crippen molar-refractivity contribution in [3.63, 3.8) is 0 Å². The number of fused-ring (bicyclic) bond motifs is 7. The highest BCUT2D eigenvalue weighted by atomic mass is 16.8. The van der Waals surface area contributed by atoms with Gasteiger partial charge in [-0.25, -0.2) is 4.79 Å². The molecule has 4 saturated carbocycles. The van der Waals surface area contributed by atoms with E-state index in [2.05, 4.69) is 47.6 Å². The Morgan fingerprint density at radius 3 is 1.98 bits per heavy atom. The number of rotatable bonds is 9. The van der Waals surface area contributed by atoms with Gasteiger partial charge in [0.2, 0.25) is 0 Å². The number of allylic oxidation sites excluding steroid dienone is 2. The Balaban J connectivity index is 1.08. The van der Waals surface area contributed by atoms with Crippen LogP contribution < -0.4 is 0 Å². The van der Waals surface area contributed by atoms with Crippen LogP contribution in [0.5, 0.6) is 0 Å². The summed E-state index contributed by atoms with van der Waals surface area (Å²) in [6, 6.07) is 0. The zero-order chi connectivity index (χ0) is 48.4. The second-order valence-electron chi connectivity index (χ2n) is 23.4. The monoisotopic (exact) mass is 941 g/mol. The van der Waals surface area contributed by atoms with E-state index in [4.69, 9.17) is 28.4 Å². The van der Waals surface area contributed by atoms with Crippen LogP contribution in [0.1, 0.15) is 113 Å². The summed E-state index contributed by atoms with van der Waals surface area (Å²) < 4.78 is 36.2. The van der Waals surface area contributed by atoms with Gasteiger partial charge in [-0.3, -0.25) is 4.79 Å². The van der Waals surface area contributed by atoms with Gasteiger partial charge >= 0.3 is 5.97 Å². The summed E-state index contributed by atoms with van der Waals surface area (Å²) in [6.07, 6.45) is -17.8. The zero-order valence-electron chi connectivity index (χ0n) is 39.6. The van der Waals surface area contributed by atoms with E-state index in [1.54, 1.807) is 0 Å². The predicted molar refractivity (Wildman–Crippen MR) is 230 cm³/mol. The number of aliphatic carboxylic acids is 1. The largest absolute Gasteiger partial charge is 0.479 e. The van der Waals surface area contributed by atoms with Crippen molar-refractivity contribution < 1.29 is 89.1 Å². The van der Waals surface area contributed by atoms with Gasteiger partial charge in [0.25, 0.3) is 0 Å². The third-order valence-corrected chi connectivity index (χ3v) is 19.2. The first-order valence-corrected chi connectivity index (χ1v) is 24.1. The molecule has 0 spiro atoms. The van der Waals surface area contributed by atoms with Gasteiger partial charge in [0.1, 0.15) is 66.8 Å². The number of aliphatic hydroxyl groups excluding tert-OH is 9. The van der Waals surface area contributed by atoms with E-state index in [1.165, 1.54) is 12.5 Å². The lowest BCUT2D eigenvalue weighted by Gasteiger charge is -2.71. The average Bonchev–Trinajstić information content (AvgIpc) is 3.25. The molecule has 1 unspecified atom stereocenters. The number of aliphatic hydroxyl groups is 9. The molecule has 0 radical (unpaired) electrons. The van der Waals surface area contributed by atoms with Crippen LogP contribution in [0.3, 0.4) is 0 Å². The molecule has 10 N–H and O–H groups in total. The number of carbonyl (C=O) groups excluding carboxylic acids is 1. The molecular formula is C48H76O18. The number of hydrogen-bond donors (Lipinski definition) is 10. The molecule has 5 aliphatic carbocycles. The minimum Gasteiger partial charge on any atom is -0.479 e. The van der Waals surface area contributed by atoms with Crippen LogP contribution in [-0.4, -0.2) is 174 Å². The quantitative estimate of drug-likeness (QED) is 0.114. The summed E-state index contributed by atoms with van der Waals surface area (Å²) >= 11 is 0. The predicted octanol–water partition coefficient (Wildman–Crippen LogP) is 0.913. The van der Waals surface area contributed by atoms with Crippen molar-refractivity contribution in [2.75, 3.05) is 13.2 Å². The van der Waals surface area contributed by atoms with Crippen LogP contribution in [0, 0.1) is 50.2 Å². The van der Waals surface area contributed by atoms with Crippen molar-refractivity contribution >= 4 is 11.8 Å². The highest BCUT2D eigenvalue weighted by molar-refractivity contribution is 5.87. The van der Waals surface area contributed by atoms with Crippen molar-refractivity contribution in [3.05, 3.63) is 11.6 Å². The molecule has 0 bridgehead atoms. The molecule has 0 aromatic heterocycles. The maximum atomic E-state index is 13.8. The van der Waals surface area contributed by atoms with Crippen LogP contribution >= 0.6 is 0 Å². The van der Waals surface area contributed by atoms with Crippen LogP contribution in [0.25, 0.3) is 0 Å². The van der Waals surface area contributed by atoms with Crippen molar-refractivity contribution in [1.82, 2.24) is 0 Å². The Bertz CT molecular complexity index is 1860. The molecule has 7 fully saturated rings. The molecule has 24 atom stereocenters. The van der Waals surface area contributed by atoms with Crippen molar-refractivity contribution in [2.45, 2.75) is 211 Å². The van der Waals surface area contributed by atoms with Crippen LogP contribution in [0.4, 0.5) is 0 Å². The van der Waals surface area contributed by atoms with Crippen LogP contribution in [-0.2, 0) is 38.0 Å². The number of hydrogen-bond acceptors (Lipinski definition) is 17. The Morgan fingerprint density at radius 2 is 1.35 bits per heavy atom. The lowest BCUT2D eigenvalue weighted by Crippen LogP contribution is -2.68. The minimum atomic E-state index is -2.07. The maximum absolute atomic E-state index is 13.8. The van der Waals surface area contributed by atoms with E-state index in [0.29, 0.717) is 25.0 Å². The van der Waals surface area contributed by atoms with Gasteiger partial charge in [0, 0.05) is 17.3 Å². The van der Waals surface area contributed by atoms with Crippen molar-refractivity contribution in [3.8, 4) is 0 Å². The second-order valence-corrected chi connectivity index (χ2v) is 23.4. The van der Waals surface area contributed by atoms with Gasteiger partial charge in [0.15, 0.2) is 25.0 Å². The molecule has 3 heterocycles. The SMILES string of the molecule is C[C@@H]1O[C@@H](O[C@H]2[C@H](O[C@H]3C(O[C@H]4CC[C@@]5(C)[C@@H](CC[C@]6(C)[C@@H]5CC=C5[C@@H]7CC(C)(C)CC(=O)[C@]7(C)CC[C@]56C)[C@@]4(C)CO)O[C@H](C(=O)O)[C@@H](O)[C@@H]3O)O[C@H](CO)[C@H](O)[C@@H]2O)[C@H](O)[C@H](O)[C@H]1O. The van der Waals surface area contributed by atoms with Gasteiger partial charge in [0.05, 0.1) is 25.4 Å². The number of carboxylic acids is 1. The highest BCUT2D eigenvalue weighted by Gasteiger charge is 2.70. The number of carbonyl (C=O) groups is 2. The minimum absolute atomic E-state index is 0.0830. The third kappa shape index (κ3) is 7.70. The van der Waals surface area contributed by atoms with E-state index >= 15 is 0 Å². The molecule has 8 rings (SSSR count). The molecular weight excluding hydrogens is 865 g/mol. The molecule has 376 valence electrons. The molecule has 0 aromatic carbocycles. The van der Waals surface area contributed by atoms with E-state index in [9.17, 15) is 60.7 Å². The fourth-order valence-corrected chi connectivity index (χ4v) is 14.9. The lowest BCUT2D eigenvalue weighted by molar-refractivity contribution is -0.396. The molecule has 8 aliphatic rings. The molecule has 0 amide bonds. The summed E-state index contributed by atoms with van der Waals surface area (Å²) in [4.78, 5) is 26.3. The topological polar surface area (TPSA) is 292 Å². The molecule has 3 saturated heterocycles. The van der Waals surface area contributed by atoms with Gasteiger partial charge in [-0.15, -0.1) is 0 Å². The number of ketones is 1. The van der Waals surface area contributed by atoms with Gasteiger partial charge in [-0.1, -0.05) is 60.1 Å². The van der Waals surface area contributed by atoms with E-state index in [-0.39, 0.29) is 51.4 Å². The van der Waals surface area contributed by atoms with E-state index in [0.717, 1.165) is 38.5 Å². The fraction of sp³-hybridized carbons (Fsp3) is 0.917. The van der Waals surface area contributed by atoms with E-state index in [1.807, 2.05) is 6.92 Å². The number of ether oxygens (including phenoxy) is 6. The number of Topliss-reactive ketones (excluding diaryl/α,β-unsaturated/α-hetero) is 1. The Labute approximate surface area is 386 Å². The molecule has 18 heteroatoms. The Hall–Kier alpha value is -1.72. The summed E-state index contributed by atoms with van der Waals surface area (Å²) in [7, 11) is 0. The third-order valence-electron chi connectivity index (χ3n) is 19.2. The molecule has 18 nitrogen and oxygen atoms in total.